The minimum absolute atomic E-state index is 0.145. The number of nitro groups is 1. The van der Waals surface area contributed by atoms with Crippen LogP contribution in [0.3, 0.4) is 0 Å². The molecule has 0 unspecified atom stereocenters. The molecule has 108 valence electrons. The molecule has 1 amide bonds. The number of aryl methyl sites for hydroxylation is 1. The van der Waals surface area contributed by atoms with E-state index in [1.807, 2.05) is 19.1 Å². The zero-order chi connectivity index (χ0) is 15.6. The van der Waals surface area contributed by atoms with E-state index in [1.54, 1.807) is 6.07 Å². The lowest BCUT2D eigenvalue weighted by Gasteiger charge is -2.08. The highest BCUT2D eigenvalue weighted by atomic mass is 79.9. The number of hydrogen-bond acceptors (Lipinski definition) is 3. The minimum atomic E-state index is -0.538. The van der Waals surface area contributed by atoms with E-state index in [2.05, 4.69) is 37.2 Å². The highest BCUT2D eigenvalue weighted by Gasteiger charge is 2.19. The second-order valence-corrected chi connectivity index (χ2v) is 6.08. The van der Waals surface area contributed by atoms with E-state index >= 15 is 0 Å². The molecule has 0 atom stereocenters. The summed E-state index contributed by atoms with van der Waals surface area (Å²) in [5.74, 6) is -0.414. The Morgan fingerprint density at radius 2 is 1.95 bits per heavy atom. The molecule has 0 saturated carbocycles. The Balaban J connectivity index is 2.33. The first-order valence-corrected chi connectivity index (χ1v) is 7.48. The van der Waals surface area contributed by atoms with Crippen molar-refractivity contribution in [3.63, 3.8) is 0 Å². The SMILES string of the molecule is Cc1cc(Br)cc(NC(=O)c2cccc([N+](=O)[O-])c2Br)c1. The van der Waals surface area contributed by atoms with E-state index in [9.17, 15) is 14.9 Å². The standard InChI is InChI=1S/C14H10Br2N2O3/c1-8-5-9(15)7-10(6-8)17-14(19)11-3-2-4-12(13(11)16)18(20)21/h2-7H,1H3,(H,17,19). The first-order chi connectivity index (χ1) is 9.88. The van der Waals surface area contributed by atoms with E-state index < -0.39 is 10.8 Å². The molecular formula is C14H10Br2N2O3. The van der Waals surface area contributed by atoms with Crippen LogP contribution in [0.5, 0.6) is 0 Å². The molecule has 5 nitrogen and oxygen atoms in total. The van der Waals surface area contributed by atoms with Crippen LogP contribution in [0.1, 0.15) is 15.9 Å². The van der Waals surface area contributed by atoms with Crippen LogP contribution in [-0.2, 0) is 0 Å². The zero-order valence-corrected chi connectivity index (χ0v) is 14.1. The summed E-state index contributed by atoms with van der Waals surface area (Å²) in [6.45, 7) is 1.91. The molecule has 2 rings (SSSR count). The van der Waals surface area contributed by atoms with Crippen LogP contribution in [0.15, 0.2) is 45.3 Å². The summed E-state index contributed by atoms with van der Waals surface area (Å²) in [6.07, 6.45) is 0. The Labute approximate surface area is 137 Å². The maximum atomic E-state index is 12.3. The van der Waals surface area contributed by atoms with Gasteiger partial charge in [-0.1, -0.05) is 22.0 Å². The van der Waals surface area contributed by atoms with Crippen LogP contribution in [0.2, 0.25) is 0 Å². The normalized spacial score (nSPS) is 10.2. The maximum absolute atomic E-state index is 12.3. The average Bonchev–Trinajstić information content (AvgIpc) is 2.37. The molecule has 2 aromatic carbocycles. The third-order valence-electron chi connectivity index (χ3n) is 2.72. The second-order valence-electron chi connectivity index (χ2n) is 4.37. The fraction of sp³-hybridized carbons (Fsp3) is 0.0714. The van der Waals surface area contributed by atoms with E-state index in [0.717, 1.165) is 10.0 Å². The third kappa shape index (κ3) is 3.68. The monoisotopic (exact) mass is 412 g/mol. The lowest BCUT2D eigenvalue weighted by Crippen LogP contribution is -2.13. The van der Waals surface area contributed by atoms with Gasteiger partial charge in [-0.25, -0.2) is 0 Å². The van der Waals surface area contributed by atoms with Crippen LogP contribution in [-0.4, -0.2) is 10.8 Å². The summed E-state index contributed by atoms with van der Waals surface area (Å²) in [7, 11) is 0. The molecule has 21 heavy (non-hydrogen) atoms. The molecule has 0 spiro atoms. The van der Waals surface area contributed by atoms with Gasteiger partial charge in [-0.3, -0.25) is 14.9 Å². The van der Waals surface area contributed by atoms with E-state index in [-0.39, 0.29) is 15.7 Å². The Morgan fingerprint density at radius 3 is 2.57 bits per heavy atom. The lowest BCUT2D eigenvalue weighted by atomic mass is 10.1. The maximum Gasteiger partial charge on any atom is 0.284 e. The van der Waals surface area contributed by atoms with Crippen LogP contribution in [0.25, 0.3) is 0 Å². The summed E-state index contributed by atoms with van der Waals surface area (Å²) in [4.78, 5) is 22.6. The Bertz CT molecular complexity index is 712. The second kappa shape index (κ2) is 6.36. The van der Waals surface area contributed by atoms with Crippen molar-refractivity contribution < 1.29 is 9.72 Å². The van der Waals surface area contributed by atoms with Crippen molar-refractivity contribution in [2.24, 2.45) is 0 Å². The van der Waals surface area contributed by atoms with Crippen LogP contribution in [0.4, 0.5) is 11.4 Å². The first-order valence-electron chi connectivity index (χ1n) is 5.90. The summed E-state index contributed by atoms with van der Waals surface area (Å²) in [5, 5.41) is 13.6. The van der Waals surface area contributed by atoms with Crippen molar-refractivity contribution in [2.45, 2.75) is 6.92 Å². The number of nitrogens with one attached hydrogen (secondary N) is 1. The number of nitrogens with zero attached hydrogens (tertiary/aromatic N) is 1. The third-order valence-corrected chi connectivity index (χ3v) is 4.01. The quantitative estimate of drug-likeness (QED) is 0.586. The molecule has 0 heterocycles. The first kappa shape index (κ1) is 15.7. The largest absolute Gasteiger partial charge is 0.322 e. The van der Waals surface area contributed by atoms with Crippen LogP contribution >= 0.6 is 31.9 Å². The van der Waals surface area contributed by atoms with Gasteiger partial charge in [-0.05, 0) is 52.7 Å². The van der Waals surface area contributed by atoms with Crippen molar-refractivity contribution in [3.8, 4) is 0 Å². The molecule has 0 aromatic heterocycles. The molecule has 0 saturated heterocycles. The number of rotatable bonds is 3. The molecule has 0 bridgehead atoms. The van der Waals surface area contributed by atoms with Gasteiger partial charge in [0.05, 0.1) is 10.5 Å². The van der Waals surface area contributed by atoms with Gasteiger partial charge in [0.25, 0.3) is 11.6 Å². The van der Waals surface area contributed by atoms with E-state index in [4.69, 9.17) is 0 Å². The number of nitro benzene ring substituents is 1. The summed E-state index contributed by atoms with van der Waals surface area (Å²) < 4.78 is 1.01. The van der Waals surface area contributed by atoms with E-state index in [1.165, 1.54) is 18.2 Å². The fourth-order valence-corrected chi connectivity index (χ4v) is 3.04. The van der Waals surface area contributed by atoms with Crippen molar-refractivity contribution >= 4 is 49.1 Å². The van der Waals surface area contributed by atoms with Crippen LogP contribution < -0.4 is 5.32 Å². The van der Waals surface area contributed by atoms with Gasteiger partial charge in [-0.15, -0.1) is 0 Å². The highest BCUT2D eigenvalue weighted by Crippen LogP contribution is 2.29. The topological polar surface area (TPSA) is 72.2 Å². The van der Waals surface area contributed by atoms with Gasteiger partial charge in [0.1, 0.15) is 4.47 Å². The Hall–Kier alpha value is -1.73. The van der Waals surface area contributed by atoms with Crippen molar-refractivity contribution in [2.75, 3.05) is 5.32 Å². The Kier molecular flexibility index (Phi) is 4.74. The van der Waals surface area contributed by atoms with Gasteiger partial charge >= 0.3 is 0 Å². The molecule has 1 N–H and O–H groups in total. The molecule has 0 aliphatic rings. The number of carbonyl (C=O) groups is 1. The number of carbonyl (C=O) groups excluding carboxylic acids is 1. The summed E-state index contributed by atoms with van der Waals surface area (Å²) >= 11 is 6.47. The lowest BCUT2D eigenvalue weighted by molar-refractivity contribution is -0.385. The number of anilines is 1. The van der Waals surface area contributed by atoms with Gasteiger partial charge in [0, 0.05) is 16.2 Å². The van der Waals surface area contributed by atoms with Crippen molar-refractivity contribution in [1.29, 1.82) is 0 Å². The molecule has 0 fully saturated rings. The predicted molar refractivity (Wildman–Crippen MR) is 87.6 cm³/mol. The molecule has 0 aliphatic heterocycles. The smallest absolute Gasteiger partial charge is 0.284 e. The number of hydrogen-bond donors (Lipinski definition) is 1. The van der Waals surface area contributed by atoms with Crippen molar-refractivity contribution in [3.05, 3.63) is 66.6 Å². The molecule has 2 aromatic rings. The Morgan fingerprint density at radius 1 is 1.24 bits per heavy atom. The number of amides is 1. The van der Waals surface area contributed by atoms with Gasteiger partial charge in [-0.2, -0.15) is 0 Å². The highest BCUT2D eigenvalue weighted by molar-refractivity contribution is 9.11. The molecule has 7 heteroatoms. The fourth-order valence-electron chi connectivity index (χ4n) is 1.84. The number of benzene rings is 2. The molecule has 0 aliphatic carbocycles. The summed E-state index contributed by atoms with van der Waals surface area (Å²) in [5.41, 5.74) is 1.66. The average molecular weight is 414 g/mol. The minimum Gasteiger partial charge on any atom is -0.322 e. The zero-order valence-electron chi connectivity index (χ0n) is 10.9. The van der Waals surface area contributed by atoms with Gasteiger partial charge < -0.3 is 5.32 Å². The number of halogens is 2. The molecule has 0 radical (unpaired) electrons. The predicted octanol–water partition coefficient (Wildman–Crippen LogP) is 4.68. The van der Waals surface area contributed by atoms with Gasteiger partial charge in [0.2, 0.25) is 0 Å². The van der Waals surface area contributed by atoms with Gasteiger partial charge in [0.15, 0.2) is 0 Å². The van der Waals surface area contributed by atoms with Crippen molar-refractivity contribution in [1.82, 2.24) is 0 Å². The van der Waals surface area contributed by atoms with Crippen LogP contribution in [0, 0.1) is 17.0 Å². The molecular weight excluding hydrogens is 404 g/mol. The van der Waals surface area contributed by atoms with E-state index in [0.29, 0.717) is 5.69 Å². The summed E-state index contributed by atoms with van der Waals surface area (Å²) in [6, 6.07) is 9.83.